The van der Waals surface area contributed by atoms with Gasteiger partial charge in [-0.15, -0.1) is 0 Å². The first-order valence-corrected chi connectivity index (χ1v) is 10.3. The van der Waals surface area contributed by atoms with Gasteiger partial charge in [0.2, 0.25) is 11.8 Å². The second kappa shape index (κ2) is 8.54. The number of rotatable bonds is 5. The highest BCUT2D eigenvalue weighted by Crippen LogP contribution is 2.38. The van der Waals surface area contributed by atoms with E-state index in [2.05, 4.69) is 27.9 Å². The Hall–Kier alpha value is -3.54. The van der Waals surface area contributed by atoms with E-state index in [1.807, 2.05) is 6.07 Å². The number of fused-ring (bicyclic) bond motifs is 2. The van der Waals surface area contributed by atoms with Crippen LogP contribution in [0.5, 0.6) is 5.88 Å². The lowest BCUT2D eigenvalue weighted by Crippen LogP contribution is -2.56. The fourth-order valence-corrected chi connectivity index (χ4v) is 4.55. The van der Waals surface area contributed by atoms with Crippen LogP contribution in [0.3, 0.4) is 0 Å². The van der Waals surface area contributed by atoms with Gasteiger partial charge >= 0.3 is 0 Å². The van der Waals surface area contributed by atoms with Crippen molar-refractivity contribution in [2.45, 2.75) is 31.4 Å². The quantitative estimate of drug-likeness (QED) is 0.666. The number of hydrogen-bond donors (Lipinski definition) is 0. The van der Waals surface area contributed by atoms with Crippen molar-refractivity contribution in [3.8, 4) is 11.9 Å². The molecule has 3 atom stereocenters. The van der Waals surface area contributed by atoms with E-state index in [1.54, 1.807) is 11.0 Å². The van der Waals surface area contributed by atoms with Crippen molar-refractivity contribution in [3.05, 3.63) is 59.9 Å². The van der Waals surface area contributed by atoms with Crippen LogP contribution in [0, 0.1) is 17.2 Å². The Bertz CT molecular complexity index is 1070. The molecule has 2 aliphatic rings. The molecule has 0 N–H and O–H groups in total. The minimum Gasteiger partial charge on any atom is -0.481 e. The first-order valence-electron chi connectivity index (χ1n) is 10.3. The summed E-state index contributed by atoms with van der Waals surface area (Å²) in [4.78, 5) is 24.8. The number of piperazine rings is 1. The van der Waals surface area contributed by atoms with E-state index >= 15 is 0 Å². The first kappa shape index (κ1) is 21.7. The molecule has 1 amide bonds. The van der Waals surface area contributed by atoms with Crippen LogP contribution in [-0.2, 0) is 10.7 Å². The SMILES string of the molecule is COc1ncccc1C(F)(F)/C=C/C(=O)N1CC2C[C@H](C)C(C1)N2c1ccc(C#N)cn1. The number of likely N-dealkylation sites (tertiary alicyclic amines) is 1. The van der Waals surface area contributed by atoms with Crippen LogP contribution >= 0.6 is 0 Å². The van der Waals surface area contributed by atoms with Crippen LogP contribution in [-0.4, -0.2) is 53.1 Å². The zero-order valence-corrected chi connectivity index (χ0v) is 17.8. The van der Waals surface area contributed by atoms with Gasteiger partial charge in [-0.1, -0.05) is 6.92 Å². The molecule has 0 saturated carbocycles. The average Bonchev–Trinajstić information content (AvgIpc) is 3.01. The Morgan fingerprint density at radius 2 is 2.12 bits per heavy atom. The number of hydrogen-bond acceptors (Lipinski definition) is 6. The molecule has 0 spiro atoms. The summed E-state index contributed by atoms with van der Waals surface area (Å²) in [6.45, 7) is 2.96. The van der Waals surface area contributed by atoms with Crippen molar-refractivity contribution < 1.29 is 18.3 Å². The topological polar surface area (TPSA) is 82.4 Å². The highest BCUT2D eigenvalue weighted by atomic mass is 19.3. The van der Waals surface area contributed by atoms with Gasteiger partial charge in [0.25, 0.3) is 5.92 Å². The van der Waals surface area contributed by atoms with E-state index < -0.39 is 17.4 Å². The molecule has 0 radical (unpaired) electrons. The van der Waals surface area contributed by atoms with Crippen molar-refractivity contribution in [1.29, 1.82) is 5.26 Å². The molecule has 0 aromatic carbocycles. The smallest absolute Gasteiger partial charge is 0.297 e. The number of halogens is 2. The molecule has 7 nitrogen and oxygen atoms in total. The first-order chi connectivity index (χ1) is 15.3. The summed E-state index contributed by atoms with van der Waals surface area (Å²) in [6, 6.07) is 8.30. The van der Waals surface area contributed by atoms with E-state index in [1.165, 1.54) is 31.6 Å². The predicted molar refractivity (Wildman–Crippen MR) is 113 cm³/mol. The Kier molecular flexibility index (Phi) is 5.78. The summed E-state index contributed by atoms with van der Waals surface area (Å²) in [5, 5.41) is 8.98. The highest BCUT2D eigenvalue weighted by Gasteiger charge is 2.46. The number of ether oxygens (including phenoxy) is 1. The molecule has 166 valence electrons. The number of allylic oxidation sites excluding steroid dienone is 1. The number of methoxy groups -OCH3 is 1. The van der Waals surface area contributed by atoms with Crippen LogP contribution in [0.2, 0.25) is 0 Å². The molecular weight excluding hydrogens is 416 g/mol. The van der Waals surface area contributed by atoms with Crippen molar-refractivity contribution in [2.75, 3.05) is 25.1 Å². The summed E-state index contributed by atoms with van der Waals surface area (Å²) in [5.74, 6) is -2.94. The van der Waals surface area contributed by atoms with Crippen LogP contribution in [0.15, 0.2) is 48.8 Å². The van der Waals surface area contributed by atoms with Crippen LogP contribution < -0.4 is 9.64 Å². The molecule has 2 fully saturated rings. The number of carbonyl (C=O) groups is 1. The molecule has 2 aromatic rings. The minimum absolute atomic E-state index is 0.0328. The monoisotopic (exact) mass is 439 g/mol. The minimum atomic E-state index is -3.39. The summed E-state index contributed by atoms with van der Waals surface area (Å²) >= 11 is 0. The highest BCUT2D eigenvalue weighted by molar-refractivity contribution is 5.88. The van der Waals surface area contributed by atoms with E-state index in [9.17, 15) is 13.6 Å². The predicted octanol–water partition coefficient (Wildman–Crippen LogP) is 3.13. The fraction of sp³-hybridized carbons (Fsp3) is 0.391. The van der Waals surface area contributed by atoms with E-state index in [-0.39, 0.29) is 18.0 Å². The molecule has 2 aromatic heterocycles. The van der Waals surface area contributed by atoms with Gasteiger partial charge in [0.15, 0.2) is 0 Å². The molecule has 2 unspecified atom stereocenters. The molecule has 2 saturated heterocycles. The number of nitrogens with zero attached hydrogens (tertiary/aromatic N) is 5. The molecule has 4 heterocycles. The zero-order valence-electron chi connectivity index (χ0n) is 17.8. The number of aromatic nitrogens is 2. The summed E-state index contributed by atoms with van der Waals surface area (Å²) in [5.41, 5.74) is 0.0937. The maximum absolute atomic E-state index is 14.7. The third kappa shape index (κ3) is 4.00. The Balaban J connectivity index is 1.49. The number of alkyl halides is 2. The lowest BCUT2D eigenvalue weighted by atomic mass is 10.0. The second-order valence-corrected chi connectivity index (χ2v) is 8.12. The maximum Gasteiger partial charge on any atom is 0.297 e. The number of nitriles is 1. The molecule has 9 heteroatoms. The van der Waals surface area contributed by atoms with Gasteiger partial charge in [0, 0.05) is 37.6 Å². The maximum atomic E-state index is 14.7. The molecule has 32 heavy (non-hydrogen) atoms. The standard InChI is InChI=1S/C23H23F2N5O2/c1-15-10-17-13-29(14-19(15)30(17)20-6-5-16(11-26)12-28-20)21(31)7-8-23(24,25)18-4-3-9-27-22(18)32-2/h3-9,12,15,17,19H,10,13-14H2,1-2H3/b8-7+/t15-,17?,19?/m0/s1. The molecule has 0 aliphatic carbocycles. The Morgan fingerprint density at radius 3 is 2.78 bits per heavy atom. The third-order valence-electron chi connectivity index (χ3n) is 6.10. The number of amides is 1. The zero-order chi connectivity index (χ0) is 22.9. The normalized spacial score (nSPS) is 22.8. The van der Waals surface area contributed by atoms with E-state index in [0.717, 1.165) is 18.3 Å². The van der Waals surface area contributed by atoms with Crippen molar-refractivity contribution in [1.82, 2.24) is 14.9 Å². The van der Waals surface area contributed by atoms with Gasteiger partial charge in [-0.25, -0.2) is 9.97 Å². The lowest BCUT2D eigenvalue weighted by molar-refractivity contribution is -0.127. The molecule has 4 rings (SSSR count). The van der Waals surface area contributed by atoms with Gasteiger partial charge < -0.3 is 14.5 Å². The van der Waals surface area contributed by atoms with Crippen LogP contribution in [0.1, 0.15) is 24.5 Å². The van der Waals surface area contributed by atoms with Gasteiger partial charge in [0.05, 0.1) is 24.3 Å². The molecule has 2 aliphatic heterocycles. The van der Waals surface area contributed by atoms with E-state index in [0.29, 0.717) is 30.6 Å². The van der Waals surface area contributed by atoms with Gasteiger partial charge in [0.1, 0.15) is 11.9 Å². The summed E-state index contributed by atoms with van der Waals surface area (Å²) in [6.07, 6.45) is 5.32. The van der Waals surface area contributed by atoms with Crippen LogP contribution in [0.25, 0.3) is 0 Å². The van der Waals surface area contributed by atoms with Gasteiger partial charge in [-0.3, -0.25) is 4.79 Å². The van der Waals surface area contributed by atoms with Crippen LogP contribution in [0.4, 0.5) is 14.6 Å². The Labute approximate surface area is 184 Å². The van der Waals surface area contributed by atoms with E-state index in [4.69, 9.17) is 10.00 Å². The fourth-order valence-electron chi connectivity index (χ4n) is 4.55. The van der Waals surface area contributed by atoms with Crippen molar-refractivity contribution >= 4 is 11.7 Å². The van der Waals surface area contributed by atoms with Crippen molar-refractivity contribution in [3.63, 3.8) is 0 Å². The number of carbonyl (C=O) groups excluding carboxylic acids is 1. The molecular formula is C23H23F2N5O2. The average molecular weight is 439 g/mol. The molecule has 2 bridgehead atoms. The third-order valence-corrected chi connectivity index (χ3v) is 6.10. The number of pyridine rings is 2. The summed E-state index contributed by atoms with van der Waals surface area (Å²) < 4.78 is 34.3. The van der Waals surface area contributed by atoms with Crippen molar-refractivity contribution in [2.24, 2.45) is 5.92 Å². The van der Waals surface area contributed by atoms with Gasteiger partial charge in [-0.2, -0.15) is 14.0 Å². The Morgan fingerprint density at radius 1 is 1.31 bits per heavy atom. The second-order valence-electron chi connectivity index (χ2n) is 8.12. The largest absolute Gasteiger partial charge is 0.481 e. The number of anilines is 1. The van der Waals surface area contributed by atoms with Gasteiger partial charge in [-0.05, 0) is 42.7 Å². The lowest BCUT2D eigenvalue weighted by Gasteiger charge is -2.42. The summed E-state index contributed by atoms with van der Waals surface area (Å²) in [7, 11) is 1.27.